The van der Waals surface area contributed by atoms with Crippen LogP contribution in [0, 0.1) is 0 Å². The zero-order chi connectivity index (χ0) is 27.3. The lowest BCUT2D eigenvalue weighted by Gasteiger charge is -2.26. The number of hydrogen-bond donors (Lipinski definition) is 2. The van der Waals surface area contributed by atoms with Crippen LogP contribution >= 0.6 is 15.9 Å². The fraction of sp³-hybridized carbons (Fsp3) is 0.167. The molecular formula is C30H25BrN4O4. The second-order valence-corrected chi connectivity index (χ2v) is 10.2. The number of hydrogen-bond acceptors (Lipinski definition) is 6. The first-order chi connectivity index (χ1) is 18.9. The Morgan fingerprint density at radius 3 is 2.54 bits per heavy atom. The van der Waals surface area contributed by atoms with E-state index in [1.807, 2.05) is 60.7 Å². The summed E-state index contributed by atoms with van der Waals surface area (Å²) in [6.45, 7) is 5.85. The molecule has 1 aliphatic rings. The fourth-order valence-electron chi connectivity index (χ4n) is 5.14. The van der Waals surface area contributed by atoms with E-state index in [4.69, 9.17) is 4.42 Å². The van der Waals surface area contributed by atoms with E-state index in [9.17, 15) is 14.7 Å². The zero-order valence-corrected chi connectivity index (χ0v) is 22.9. The molecular weight excluding hydrogens is 560 g/mol. The Kier molecular flexibility index (Phi) is 6.23. The van der Waals surface area contributed by atoms with Crippen LogP contribution in [0.1, 0.15) is 36.0 Å². The van der Waals surface area contributed by atoms with Gasteiger partial charge in [-0.1, -0.05) is 40.2 Å². The molecule has 1 unspecified atom stereocenters. The summed E-state index contributed by atoms with van der Waals surface area (Å²) in [5, 5.41) is 11.9. The summed E-state index contributed by atoms with van der Waals surface area (Å²) >= 11 is 3.44. The number of anilines is 2. The molecule has 196 valence electrons. The molecule has 0 radical (unpaired) electrons. The van der Waals surface area contributed by atoms with Gasteiger partial charge in [-0.2, -0.15) is 0 Å². The van der Waals surface area contributed by atoms with Gasteiger partial charge in [0.1, 0.15) is 5.58 Å². The van der Waals surface area contributed by atoms with Crippen molar-refractivity contribution in [3.8, 4) is 0 Å². The zero-order valence-electron chi connectivity index (χ0n) is 21.3. The largest absolute Gasteiger partial charge is 0.503 e. The standard InChI is InChI=1S/C30H25BrN4O4/c1-3-34(4-2)20-12-9-17(10-13-20)26-25(27(36)24-16-18-15-19(31)11-14-23(18)39-24)28(37)29(38)35(26)30-32-21-7-5-6-8-22(21)33-30/h5-16,26,37H,3-4H2,1-2H3,(H,32,33). The van der Waals surface area contributed by atoms with Crippen LogP contribution in [0.15, 0.2) is 93.0 Å². The van der Waals surface area contributed by atoms with Gasteiger partial charge in [-0.25, -0.2) is 4.98 Å². The normalized spacial score (nSPS) is 15.6. The molecule has 0 saturated carbocycles. The molecule has 0 saturated heterocycles. The maximum atomic E-state index is 13.9. The molecule has 1 aliphatic heterocycles. The number of Topliss-reactive ketones (excluding diaryl/α,β-unsaturated/α-hetero) is 1. The van der Waals surface area contributed by atoms with E-state index in [-0.39, 0.29) is 17.3 Å². The number of furan rings is 1. The summed E-state index contributed by atoms with van der Waals surface area (Å²) in [6, 6.07) is 21.2. The third kappa shape index (κ3) is 4.19. The SMILES string of the molecule is CCN(CC)c1ccc(C2C(C(=O)c3cc4cc(Br)ccc4o3)=C(O)C(=O)N2c2nc3ccccc3[nH]2)cc1. The summed E-state index contributed by atoms with van der Waals surface area (Å²) in [5.41, 5.74) is 3.55. The van der Waals surface area contributed by atoms with E-state index in [1.54, 1.807) is 12.1 Å². The number of nitrogens with one attached hydrogen (secondary N) is 1. The Bertz CT molecular complexity index is 1730. The van der Waals surface area contributed by atoms with Crippen LogP contribution in [0.5, 0.6) is 0 Å². The Balaban J connectivity index is 1.48. The van der Waals surface area contributed by atoms with E-state index < -0.39 is 23.5 Å². The van der Waals surface area contributed by atoms with Gasteiger partial charge in [0.15, 0.2) is 11.5 Å². The van der Waals surface area contributed by atoms with Crippen molar-refractivity contribution in [3.05, 3.63) is 99.9 Å². The first-order valence-electron chi connectivity index (χ1n) is 12.7. The van der Waals surface area contributed by atoms with Crippen LogP contribution in [-0.4, -0.2) is 39.9 Å². The minimum Gasteiger partial charge on any atom is -0.503 e. The van der Waals surface area contributed by atoms with Crippen molar-refractivity contribution in [2.75, 3.05) is 22.9 Å². The number of rotatable bonds is 7. The van der Waals surface area contributed by atoms with Gasteiger partial charge in [0.25, 0.3) is 5.91 Å². The molecule has 3 aromatic carbocycles. The molecule has 2 aromatic heterocycles. The number of nitrogens with zero attached hydrogens (tertiary/aromatic N) is 3. The number of aromatic amines is 1. The molecule has 3 heterocycles. The maximum Gasteiger partial charge on any atom is 0.296 e. The molecule has 0 aliphatic carbocycles. The van der Waals surface area contributed by atoms with Crippen LogP contribution in [0.3, 0.4) is 0 Å². The lowest BCUT2D eigenvalue weighted by atomic mass is 9.95. The smallest absolute Gasteiger partial charge is 0.296 e. The second-order valence-electron chi connectivity index (χ2n) is 9.30. The van der Waals surface area contributed by atoms with Crippen molar-refractivity contribution < 1.29 is 19.1 Å². The predicted octanol–water partition coefficient (Wildman–Crippen LogP) is 6.70. The Hall–Kier alpha value is -4.37. The van der Waals surface area contributed by atoms with Gasteiger partial charge in [0.05, 0.1) is 22.6 Å². The molecule has 9 heteroatoms. The summed E-state index contributed by atoms with van der Waals surface area (Å²) in [4.78, 5) is 38.8. The summed E-state index contributed by atoms with van der Waals surface area (Å²) in [5.74, 6) is -1.63. The van der Waals surface area contributed by atoms with Gasteiger partial charge >= 0.3 is 0 Å². The highest BCUT2D eigenvalue weighted by Gasteiger charge is 2.46. The maximum absolute atomic E-state index is 13.9. The van der Waals surface area contributed by atoms with E-state index in [0.29, 0.717) is 16.7 Å². The van der Waals surface area contributed by atoms with E-state index in [2.05, 4.69) is 44.6 Å². The van der Waals surface area contributed by atoms with Gasteiger partial charge in [0, 0.05) is 28.6 Å². The number of carbonyl (C=O) groups is 2. The first-order valence-corrected chi connectivity index (χ1v) is 13.5. The third-order valence-corrected chi connectivity index (χ3v) is 7.59. The monoisotopic (exact) mass is 584 g/mol. The minimum atomic E-state index is -0.920. The van der Waals surface area contributed by atoms with Crippen molar-refractivity contribution in [2.24, 2.45) is 0 Å². The number of ketones is 1. The molecule has 1 atom stereocenters. The highest BCUT2D eigenvalue weighted by molar-refractivity contribution is 9.10. The number of amides is 1. The minimum absolute atomic E-state index is 0.0358. The van der Waals surface area contributed by atoms with Crippen LogP contribution in [-0.2, 0) is 4.79 Å². The van der Waals surface area contributed by atoms with Gasteiger partial charge in [-0.3, -0.25) is 14.5 Å². The number of halogens is 1. The van der Waals surface area contributed by atoms with Gasteiger partial charge in [-0.15, -0.1) is 0 Å². The number of para-hydroxylation sites is 2. The molecule has 5 aromatic rings. The van der Waals surface area contributed by atoms with Crippen molar-refractivity contribution in [3.63, 3.8) is 0 Å². The summed E-state index contributed by atoms with van der Waals surface area (Å²) < 4.78 is 6.70. The van der Waals surface area contributed by atoms with Crippen molar-refractivity contribution >= 4 is 61.3 Å². The molecule has 39 heavy (non-hydrogen) atoms. The number of carbonyl (C=O) groups excluding carboxylic acids is 2. The first kappa shape index (κ1) is 24.9. The fourth-order valence-corrected chi connectivity index (χ4v) is 5.52. The predicted molar refractivity (Wildman–Crippen MR) is 154 cm³/mol. The van der Waals surface area contributed by atoms with Gasteiger partial charge in [-0.05, 0) is 67.9 Å². The van der Waals surface area contributed by atoms with Gasteiger partial charge < -0.3 is 19.4 Å². The molecule has 0 bridgehead atoms. The lowest BCUT2D eigenvalue weighted by Crippen LogP contribution is -2.32. The highest BCUT2D eigenvalue weighted by Crippen LogP contribution is 2.42. The summed E-state index contributed by atoms with van der Waals surface area (Å²) in [6.07, 6.45) is 0. The van der Waals surface area contributed by atoms with E-state index >= 15 is 0 Å². The third-order valence-electron chi connectivity index (χ3n) is 7.10. The van der Waals surface area contributed by atoms with E-state index in [0.717, 1.165) is 34.2 Å². The average molecular weight is 585 g/mol. The summed E-state index contributed by atoms with van der Waals surface area (Å²) in [7, 11) is 0. The number of aliphatic hydroxyl groups excluding tert-OH is 1. The number of benzene rings is 3. The Morgan fingerprint density at radius 1 is 1.08 bits per heavy atom. The van der Waals surface area contributed by atoms with Crippen molar-refractivity contribution in [1.29, 1.82) is 0 Å². The van der Waals surface area contributed by atoms with Crippen LogP contribution in [0.25, 0.3) is 22.0 Å². The number of imidazole rings is 1. The highest BCUT2D eigenvalue weighted by atomic mass is 79.9. The van der Waals surface area contributed by atoms with Crippen molar-refractivity contribution in [2.45, 2.75) is 19.9 Å². The number of aliphatic hydroxyl groups is 1. The van der Waals surface area contributed by atoms with Gasteiger partial charge in [0.2, 0.25) is 11.7 Å². The average Bonchev–Trinajstić information content (AvgIpc) is 3.63. The number of H-pyrrole nitrogens is 1. The molecule has 1 amide bonds. The molecule has 2 N–H and O–H groups in total. The van der Waals surface area contributed by atoms with E-state index in [1.165, 1.54) is 4.90 Å². The number of aromatic nitrogens is 2. The molecule has 0 spiro atoms. The second kappa shape index (κ2) is 9.74. The topological polar surface area (TPSA) is 103 Å². The van der Waals surface area contributed by atoms with Crippen LogP contribution in [0.4, 0.5) is 11.6 Å². The van der Waals surface area contributed by atoms with Crippen LogP contribution < -0.4 is 9.80 Å². The molecule has 8 nitrogen and oxygen atoms in total. The molecule has 6 rings (SSSR count). The molecule has 0 fully saturated rings. The quantitative estimate of drug-likeness (QED) is 0.206. The van der Waals surface area contributed by atoms with Crippen LogP contribution in [0.2, 0.25) is 0 Å². The number of fused-ring (bicyclic) bond motifs is 2. The Labute approximate surface area is 232 Å². The lowest BCUT2D eigenvalue weighted by molar-refractivity contribution is -0.117. The van der Waals surface area contributed by atoms with Crippen molar-refractivity contribution in [1.82, 2.24) is 9.97 Å². The Morgan fingerprint density at radius 2 is 1.82 bits per heavy atom.